The number of piperidine rings is 1. The molecule has 1 unspecified atom stereocenters. The molecule has 6 heteroatoms. The number of hydrogen-bond donors (Lipinski definition) is 1. The minimum Gasteiger partial charge on any atom is -0.440 e. The Kier molecular flexibility index (Phi) is 4.11. The third kappa shape index (κ3) is 2.90. The van der Waals surface area contributed by atoms with Crippen LogP contribution in [0, 0.1) is 13.8 Å². The van der Waals surface area contributed by atoms with Gasteiger partial charge in [0.05, 0.1) is 17.1 Å². The van der Waals surface area contributed by atoms with Crippen LogP contribution >= 0.6 is 0 Å². The van der Waals surface area contributed by atoms with Crippen LogP contribution < -0.4 is 10.3 Å². The summed E-state index contributed by atoms with van der Waals surface area (Å²) in [5, 5.41) is 10.4. The van der Waals surface area contributed by atoms with Crippen LogP contribution in [0.5, 0.6) is 0 Å². The standard InChI is InChI=1S/C18H21F2NO3/c1-10-8-13(12(3)22)16-14(9-10)15(23)11(2)17(24-16)21-6-4-18(19,20)5-7-21/h8-9,12,22H,4-7H2,1-3H3. The molecule has 24 heavy (non-hydrogen) atoms. The second kappa shape index (κ2) is 5.84. The summed E-state index contributed by atoms with van der Waals surface area (Å²) >= 11 is 0. The maximum Gasteiger partial charge on any atom is 0.251 e. The highest BCUT2D eigenvalue weighted by Crippen LogP contribution is 2.34. The fraction of sp³-hybridized carbons (Fsp3) is 0.500. The Labute approximate surface area is 138 Å². The lowest BCUT2D eigenvalue weighted by Gasteiger charge is -2.33. The normalized spacial score (nSPS) is 18.8. The van der Waals surface area contributed by atoms with Gasteiger partial charge in [0.25, 0.3) is 5.92 Å². The van der Waals surface area contributed by atoms with Crippen LogP contribution in [0.3, 0.4) is 0 Å². The summed E-state index contributed by atoms with van der Waals surface area (Å²) in [5.41, 5.74) is 1.95. The highest BCUT2D eigenvalue weighted by Gasteiger charge is 2.35. The van der Waals surface area contributed by atoms with Crippen LogP contribution in [-0.4, -0.2) is 24.1 Å². The molecule has 1 aliphatic heterocycles. The van der Waals surface area contributed by atoms with Gasteiger partial charge in [-0.2, -0.15) is 0 Å². The van der Waals surface area contributed by atoms with Crippen LogP contribution in [0.25, 0.3) is 11.0 Å². The van der Waals surface area contributed by atoms with Gasteiger partial charge in [0.1, 0.15) is 5.58 Å². The molecule has 0 aliphatic carbocycles. The number of aliphatic hydroxyl groups excluding tert-OH is 1. The van der Waals surface area contributed by atoms with Gasteiger partial charge in [0.2, 0.25) is 5.88 Å². The minimum absolute atomic E-state index is 0.137. The average Bonchev–Trinajstić information content (AvgIpc) is 2.51. The van der Waals surface area contributed by atoms with E-state index >= 15 is 0 Å². The Balaban J connectivity index is 2.17. The van der Waals surface area contributed by atoms with Crippen molar-refractivity contribution in [3.8, 4) is 0 Å². The number of nitrogens with zero attached hydrogens (tertiary/aromatic N) is 1. The Morgan fingerprint density at radius 2 is 1.88 bits per heavy atom. The van der Waals surface area contributed by atoms with Gasteiger partial charge in [-0.05, 0) is 38.5 Å². The molecular weight excluding hydrogens is 316 g/mol. The van der Waals surface area contributed by atoms with E-state index in [1.54, 1.807) is 30.9 Å². The summed E-state index contributed by atoms with van der Waals surface area (Å²) < 4.78 is 32.7. The summed E-state index contributed by atoms with van der Waals surface area (Å²) in [6, 6.07) is 3.51. The van der Waals surface area contributed by atoms with Gasteiger partial charge in [-0.25, -0.2) is 8.78 Å². The molecule has 2 heterocycles. The van der Waals surface area contributed by atoms with Gasteiger partial charge < -0.3 is 14.4 Å². The van der Waals surface area contributed by atoms with E-state index in [1.807, 2.05) is 6.92 Å². The van der Waals surface area contributed by atoms with E-state index in [-0.39, 0.29) is 31.4 Å². The molecular formula is C18H21F2NO3. The summed E-state index contributed by atoms with van der Waals surface area (Å²) in [6.45, 7) is 5.38. The first kappa shape index (κ1) is 16.9. The molecule has 0 spiro atoms. The van der Waals surface area contributed by atoms with E-state index in [2.05, 4.69) is 0 Å². The number of aryl methyl sites for hydroxylation is 1. The van der Waals surface area contributed by atoms with Crippen molar-refractivity contribution in [2.24, 2.45) is 0 Å². The van der Waals surface area contributed by atoms with Gasteiger partial charge in [-0.1, -0.05) is 0 Å². The van der Waals surface area contributed by atoms with Crippen molar-refractivity contribution in [1.29, 1.82) is 0 Å². The summed E-state index contributed by atoms with van der Waals surface area (Å²) in [5.74, 6) is -2.34. The largest absolute Gasteiger partial charge is 0.440 e. The molecule has 1 aliphatic rings. The lowest BCUT2D eigenvalue weighted by atomic mass is 10.0. The van der Waals surface area contributed by atoms with E-state index in [9.17, 15) is 18.7 Å². The molecule has 3 rings (SSSR count). The first-order valence-corrected chi connectivity index (χ1v) is 8.08. The second-order valence-corrected chi connectivity index (χ2v) is 6.61. The zero-order valence-corrected chi connectivity index (χ0v) is 14.0. The van der Waals surface area contributed by atoms with Crippen LogP contribution in [0.4, 0.5) is 14.7 Å². The second-order valence-electron chi connectivity index (χ2n) is 6.61. The molecule has 2 aromatic rings. The van der Waals surface area contributed by atoms with Crippen molar-refractivity contribution in [1.82, 2.24) is 0 Å². The van der Waals surface area contributed by atoms with E-state index in [1.165, 1.54) is 0 Å². The first-order valence-electron chi connectivity index (χ1n) is 8.08. The fourth-order valence-corrected chi connectivity index (χ4v) is 3.21. The predicted octanol–water partition coefficient (Wildman–Crippen LogP) is 3.70. The van der Waals surface area contributed by atoms with E-state index in [0.717, 1.165) is 5.56 Å². The zero-order chi connectivity index (χ0) is 17.6. The Morgan fingerprint density at radius 3 is 2.46 bits per heavy atom. The number of aliphatic hydroxyl groups is 1. The van der Waals surface area contributed by atoms with E-state index < -0.39 is 12.0 Å². The molecule has 1 fully saturated rings. The quantitative estimate of drug-likeness (QED) is 0.908. The topological polar surface area (TPSA) is 53.7 Å². The maximum absolute atomic E-state index is 13.4. The summed E-state index contributed by atoms with van der Waals surface area (Å²) in [6.07, 6.45) is -1.31. The highest BCUT2D eigenvalue weighted by molar-refractivity contribution is 5.83. The number of halogens is 2. The van der Waals surface area contributed by atoms with E-state index in [0.29, 0.717) is 28.0 Å². The van der Waals surface area contributed by atoms with Crippen molar-refractivity contribution in [2.75, 3.05) is 18.0 Å². The van der Waals surface area contributed by atoms with Gasteiger partial charge in [0, 0.05) is 31.5 Å². The molecule has 1 aromatic carbocycles. The molecule has 130 valence electrons. The summed E-state index contributed by atoms with van der Waals surface area (Å²) in [7, 11) is 0. The Bertz CT molecular complexity index is 832. The van der Waals surface area contributed by atoms with Crippen molar-refractivity contribution in [2.45, 2.75) is 45.6 Å². The van der Waals surface area contributed by atoms with Gasteiger partial charge in [0.15, 0.2) is 5.43 Å². The minimum atomic E-state index is -2.66. The van der Waals surface area contributed by atoms with Crippen molar-refractivity contribution >= 4 is 16.9 Å². The molecule has 1 N–H and O–H groups in total. The van der Waals surface area contributed by atoms with Crippen LogP contribution in [0.15, 0.2) is 21.3 Å². The van der Waals surface area contributed by atoms with Gasteiger partial charge in [-0.15, -0.1) is 0 Å². The number of benzene rings is 1. The van der Waals surface area contributed by atoms with Crippen LogP contribution in [0.2, 0.25) is 0 Å². The summed E-state index contributed by atoms with van der Waals surface area (Å²) in [4.78, 5) is 14.4. The Morgan fingerprint density at radius 1 is 1.25 bits per heavy atom. The third-order valence-electron chi connectivity index (χ3n) is 4.60. The molecule has 1 aromatic heterocycles. The van der Waals surface area contributed by atoms with Crippen molar-refractivity contribution in [3.05, 3.63) is 39.0 Å². The SMILES string of the molecule is Cc1cc(C(C)O)c2oc(N3CCC(F)(F)CC3)c(C)c(=O)c2c1. The lowest BCUT2D eigenvalue weighted by Crippen LogP contribution is -2.40. The number of hydrogen-bond acceptors (Lipinski definition) is 4. The molecule has 1 saturated heterocycles. The highest BCUT2D eigenvalue weighted by atomic mass is 19.3. The average molecular weight is 337 g/mol. The van der Waals surface area contributed by atoms with Crippen LogP contribution in [-0.2, 0) is 0 Å². The molecule has 1 atom stereocenters. The fourth-order valence-electron chi connectivity index (χ4n) is 3.21. The Hall–Kier alpha value is -1.95. The van der Waals surface area contributed by atoms with Crippen molar-refractivity contribution < 1.29 is 18.3 Å². The molecule has 0 bridgehead atoms. The maximum atomic E-state index is 13.4. The van der Waals surface area contributed by atoms with Gasteiger partial charge >= 0.3 is 0 Å². The van der Waals surface area contributed by atoms with Gasteiger partial charge in [-0.3, -0.25) is 4.79 Å². The number of alkyl halides is 2. The number of fused-ring (bicyclic) bond motifs is 1. The third-order valence-corrected chi connectivity index (χ3v) is 4.60. The monoisotopic (exact) mass is 337 g/mol. The molecule has 0 saturated carbocycles. The first-order chi connectivity index (χ1) is 11.2. The predicted molar refractivity (Wildman–Crippen MR) is 89.0 cm³/mol. The number of anilines is 1. The molecule has 0 radical (unpaired) electrons. The lowest BCUT2D eigenvalue weighted by molar-refractivity contribution is -0.0225. The zero-order valence-electron chi connectivity index (χ0n) is 14.0. The number of rotatable bonds is 2. The van der Waals surface area contributed by atoms with E-state index in [4.69, 9.17) is 4.42 Å². The van der Waals surface area contributed by atoms with Crippen LogP contribution in [0.1, 0.15) is 42.6 Å². The van der Waals surface area contributed by atoms with Crippen molar-refractivity contribution in [3.63, 3.8) is 0 Å². The molecule has 4 nitrogen and oxygen atoms in total. The molecule has 0 amide bonds. The smallest absolute Gasteiger partial charge is 0.251 e.